The summed E-state index contributed by atoms with van der Waals surface area (Å²) in [4.78, 5) is 10.2. The Bertz CT molecular complexity index is 189. The topological polar surface area (TPSA) is 65.0 Å². The fraction of sp³-hybridized carbons (Fsp3) is 0.917. The molecule has 0 aromatic heterocycles. The number of rotatable bonds is 14. The summed E-state index contributed by atoms with van der Waals surface area (Å²) >= 11 is 1.36. The van der Waals surface area contributed by atoms with Crippen molar-refractivity contribution in [1.29, 1.82) is 0 Å². The lowest BCUT2D eigenvalue weighted by atomic mass is 10.4. The predicted molar refractivity (Wildman–Crippen MR) is 72.3 cm³/mol. The van der Waals surface area contributed by atoms with Crippen LogP contribution < -0.4 is 0 Å². The summed E-state index contributed by atoms with van der Waals surface area (Å²) < 4.78 is 15.9. The molecule has 0 radical (unpaired) electrons. The van der Waals surface area contributed by atoms with Gasteiger partial charge in [-0.3, -0.25) is 4.79 Å². The minimum atomic E-state index is -0.786. The fourth-order valence-electron chi connectivity index (χ4n) is 1.07. The lowest BCUT2D eigenvalue weighted by Gasteiger charge is -2.06. The van der Waals surface area contributed by atoms with Crippen molar-refractivity contribution in [3.8, 4) is 0 Å². The summed E-state index contributed by atoms with van der Waals surface area (Å²) in [5.41, 5.74) is 0. The van der Waals surface area contributed by atoms with Crippen molar-refractivity contribution >= 4 is 17.7 Å². The molecule has 0 saturated heterocycles. The molecule has 0 bridgehead atoms. The molecule has 1 N–H and O–H groups in total. The average Bonchev–Trinajstić information content (AvgIpc) is 2.34. The van der Waals surface area contributed by atoms with Crippen LogP contribution in [0.15, 0.2) is 0 Å². The predicted octanol–water partition coefficient (Wildman–Crippen LogP) is 1.65. The molecule has 0 aliphatic carbocycles. The van der Waals surface area contributed by atoms with Gasteiger partial charge in [0.1, 0.15) is 0 Å². The molecular weight excluding hydrogens is 256 g/mol. The minimum absolute atomic E-state index is 0.134. The highest BCUT2D eigenvalue weighted by atomic mass is 32.2. The Kier molecular flexibility index (Phi) is 14.5. The van der Waals surface area contributed by atoms with E-state index in [0.717, 1.165) is 19.4 Å². The third-order valence-electron chi connectivity index (χ3n) is 1.98. The molecule has 5 nitrogen and oxygen atoms in total. The summed E-state index contributed by atoms with van der Waals surface area (Å²) in [6.45, 7) is 5.83. The Morgan fingerprint density at radius 2 is 1.56 bits per heavy atom. The Hall–Kier alpha value is -0.300. The Balaban J connectivity index is 2.92. The van der Waals surface area contributed by atoms with Crippen LogP contribution in [0.4, 0.5) is 0 Å². The molecule has 18 heavy (non-hydrogen) atoms. The van der Waals surface area contributed by atoms with Crippen molar-refractivity contribution < 1.29 is 24.1 Å². The molecule has 6 heteroatoms. The van der Waals surface area contributed by atoms with Gasteiger partial charge >= 0.3 is 5.97 Å². The molecule has 0 amide bonds. The van der Waals surface area contributed by atoms with Crippen LogP contribution >= 0.6 is 11.8 Å². The zero-order chi connectivity index (χ0) is 13.5. The molecule has 108 valence electrons. The van der Waals surface area contributed by atoms with Gasteiger partial charge in [-0.15, -0.1) is 11.8 Å². The van der Waals surface area contributed by atoms with Gasteiger partial charge in [-0.25, -0.2) is 0 Å². The molecule has 0 rings (SSSR count). The first-order chi connectivity index (χ1) is 8.77. The van der Waals surface area contributed by atoms with E-state index in [9.17, 15) is 4.79 Å². The van der Waals surface area contributed by atoms with E-state index in [1.807, 2.05) is 0 Å². The number of carbonyl (C=O) groups is 1. The van der Waals surface area contributed by atoms with Gasteiger partial charge in [-0.1, -0.05) is 13.3 Å². The first-order valence-electron chi connectivity index (χ1n) is 6.30. The standard InChI is InChI=1S/C12H24O5S/c1-2-3-4-15-5-6-16-7-8-17-9-10-18-11-12(13)14/h2-11H2,1H3,(H,13,14). The van der Waals surface area contributed by atoms with E-state index in [0.29, 0.717) is 38.8 Å². The maximum atomic E-state index is 10.2. The van der Waals surface area contributed by atoms with Crippen LogP contribution in [0.5, 0.6) is 0 Å². The number of thioether (sulfide) groups is 1. The summed E-state index contributed by atoms with van der Waals surface area (Å²) in [6.07, 6.45) is 2.24. The summed E-state index contributed by atoms with van der Waals surface area (Å²) in [7, 11) is 0. The lowest BCUT2D eigenvalue weighted by Crippen LogP contribution is -2.11. The molecule has 0 unspecified atom stereocenters. The summed E-state index contributed by atoms with van der Waals surface area (Å²) in [5, 5.41) is 8.40. The van der Waals surface area contributed by atoms with Gasteiger partial charge in [0.2, 0.25) is 0 Å². The van der Waals surface area contributed by atoms with Gasteiger partial charge in [0.05, 0.1) is 38.8 Å². The maximum Gasteiger partial charge on any atom is 0.313 e. The highest BCUT2D eigenvalue weighted by Gasteiger charge is 1.96. The second kappa shape index (κ2) is 14.8. The molecule has 0 aromatic rings. The normalized spacial score (nSPS) is 10.7. The van der Waals surface area contributed by atoms with Gasteiger partial charge in [-0.2, -0.15) is 0 Å². The van der Waals surface area contributed by atoms with E-state index in [-0.39, 0.29) is 5.75 Å². The second-order valence-corrected chi connectivity index (χ2v) is 4.74. The van der Waals surface area contributed by atoms with Crippen molar-refractivity contribution in [2.45, 2.75) is 19.8 Å². The molecule has 0 aliphatic heterocycles. The number of hydrogen-bond donors (Lipinski definition) is 1. The van der Waals surface area contributed by atoms with Gasteiger partial charge in [-0.05, 0) is 6.42 Å². The third-order valence-corrected chi connectivity index (χ3v) is 2.89. The number of carboxylic acid groups (broad SMARTS) is 1. The molecule has 0 aliphatic rings. The van der Waals surface area contributed by atoms with E-state index >= 15 is 0 Å². The Labute approximate surface area is 113 Å². The van der Waals surface area contributed by atoms with Crippen molar-refractivity contribution in [2.24, 2.45) is 0 Å². The molecule has 0 spiro atoms. The molecule has 0 heterocycles. The van der Waals surface area contributed by atoms with Crippen molar-refractivity contribution in [1.82, 2.24) is 0 Å². The fourth-order valence-corrected chi connectivity index (χ4v) is 1.62. The van der Waals surface area contributed by atoms with Gasteiger partial charge in [0, 0.05) is 12.4 Å². The second-order valence-electron chi connectivity index (χ2n) is 3.64. The summed E-state index contributed by atoms with van der Waals surface area (Å²) in [5.74, 6) is 0.0490. The molecule has 0 aromatic carbocycles. The van der Waals surface area contributed by atoms with Crippen LogP contribution in [0.3, 0.4) is 0 Å². The first-order valence-corrected chi connectivity index (χ1v) is 7.45. The quantitative estimate of drug-likeness (QED) is 0.488. The summed E-state index contributed by atoms with van der Waals surface area (Å²) in [6, 6.07) is 0. The van der Waals surface area contributed by atoms with E-state index in [4.69, 9.17) is 19.3 Å². The molecule has 0 saturated carbocycles. The lowest BCUT2D eigenvalue weighted by molar-refractivity contribution is -0.133. The van der Waals surface area contributed by atoms with Crippen molar-refractivity contribution in [3.05, 3.63) is 0 Å². The largest absolute Gasteiger partial charge is 0.481 e. The minimum Gasteiger partial charge on any atom is -0.481 e. The average molecular weight is 280 g/mol. The van der Waals surface area contributed by atoms with Crippen LogP contribution in [0.2, 0.25) is 0 Å². The highest BCUT2D eigenvalue weighted by molar-refractivity contribution is 7.99. The zero-order valence-corrected chi connectivity index (χ0v) is 11.9. The zero-order valence-electron chi connectivity index (χ0n) is 11.1. The van der Waals surface area contributed by atoms with Crippen LogP contribution in [0.1, 0.15) is 19.8 Å². The van der Waals surface area contributed by atoms with Crippen LogP contribution in [0.25, 0.3) is 0 Å². The van der Waals surface area contributed by atoms with Crippen molar-refractivity contribution in [3.63, 3.8) is 0 Å². The van der Waals surface area contributed by atoms with Gasteiger partial charge < -0.3 is 19.3 Å². The molecular formula is C12H24O5S. The third kappa shape index (κ3) is 15.7. The SMILES string of the molecule is CCCCOCCOCCOCCSCC(=O)O. The first kappa shape index (κ1) is 17.7. The molecule has 0 fully saturated rings. The van der Waals surface area contributed by atoms with Crippen LogP contribution in [-0.2, 0) is 19.0 Å². The number of aliphatic carboxylic acids is 1. The van der Waals surface area contributed by atoms with Crippen molar-refractivity contribution in [2.75, 3.05) is 51.1 Å². The van der Waals surface area contributed by atoms with Gasteiger partial charge in [0.25, 0.3) is 0 Å². The molecule has 0 atom stereocenters. The number of hydrogen-bond acceptors (Lipinski definition) is 5. The van der Waals surface area contributed by atoms with Crippen LogP contribution in [-0.4, -0.2) is 62.2 Å². The van der Waals surface area contributed by atoms with E-state index < -0.39 is 5.97 Å². The maximum absolute atomic E-state index is 10.2. The van der Waals surface area contributed by atoms with E-state index in [1.54, 1.807) is 0 Å². The monoisotopic (exact) mass is 280 g/mol. The van der Waals surface area contributed by atoms with E-state index in [1.165, 1.54) is 11.8 Å². The highest BCUT2D eigenvalue weighted by Crippen LogP contribution is 1.98. The number of carboxylic acids is 1. The van der Waals surface area contributed by atoms with Crippen LogP contribution in [0, 0.1) is 0 Å². The smallest absolute Gasteiger partial charge is 0.313 e. The Morgan fingerprint density at radius 1 is 1.00 bits per heavy atom. The number of unbranched alkanes of at least 4 members (excludes halogenated alkanes) is 1. The van der Waals surface area contributed by atoms with Gasteiger partial charge in [0.15, 0.2) is 0 Å². The van der Waals surface area contributed by atoms with E-state index in [2.05, 4.69) is 6.92 Å². The Morgan fingerprint density at radius 3 is 2.11 bits per heavy atom. The number of ether oxygens (including phenoxy) is 3.